The van der Waals surface area contributed by atoms with Gasteiger partial charge in [-0.15, -0.1) is 11.3 Å². The number of piperazine rings is 1. The average molecular weight is 282 g/mol. The Morgan fingerprint density at radius 1 is 1.42 bits per heavy atom. The first-order valence-corrected chi connectivity index (χ1v) is 7.40. The lowest BCUT2D eigenvalue weighted by atomic mass is 10.0. The Morgan fingerprint density at radius 2 is 2.11 bits per heavy atom. The molecule has 0 amide bonds. The molecule has 1 fully saturated rings. The van der Waals surface area contributed by atoms with Crippen molar-refractivity contribution in [2.45, 2.75) is 25.9 Å². The summed E-state index contributed by atoms with van der Waals surface area (Å²) in [6.07, 6.45) is 0. The van der Waals surface area contributed by atoms with Gasteiger partial charge in [0.05, 0.1) is 5.54 Å². The van der Waals surface area contributed by atoms with Gasteiger partial charge < -0.3 is 10.9 Å². The second-order valence-electron chi connectivity index (χ2n) is 5.39. The fraction of sp³-hybridized carbons (Fsp3) is 0.615. The summed E-state index contributed by atoms with van der Waals surface area (Å²) >= 11 is 1.80. The Balaban J connectivity index is 1.89. The minimum absolute atomic E-state index is 0.277. The molecule has 0 aromatic carbocycles. The molecule has 0 bridgehead atoms. The molecular weight excluding hydrogens is 260 g/mol. The Bertz CT molecular complexity index is 422. The van der Waals surface area contributed by atoms with Crippen LogP contribution in [0.3, 0.4) is 0 Å². The van der Waals surface area contributed by atoms with Crippen LogP contribution in [0.25, 0.3) is 0 Å². The number of rotatable bonds is 4. The molecule has 1 aromatic rings. The predicted octanol–water partition coefficient (Wildman–Crippen LogP) is 1.39. The standard InChI is InChI=1S/C13H22N4OS/c1-13(2,12(14)15-18)17-7-5-16(6-8-17)10-11-4-3-9-19-11/h3-4,9,18H,5-8,10H2,1-2H3,(H2,14,15). The van der Waals surface area contributed by atoms with Gasteiger partial charge >= 0.3 is 0 Å². The van der Waals surface area contributed by atoms with Crippen LogP contribution in [-0.4, -0.2) is 52.6 Å². The molecule has 2 heterocycles. The molecule has 0 atom stereocenters. The highest BCUT2D eigenvalue weighted by Crippen LogP contribution is 2.19. The van der Waals surface area contributed by atoms with Crippen molar-refractivity contribution < 1.29 is 5.21 Å². The fourth-order valence-corrected chi connectivity index (χ4v) is 3.12. The molecular formula is C13H22N4OS. The van der Waals surface area contributed by atoms with Crippen molar-refractivity contribution in [2.24, 2.45) is 10.9 Å². The van der Waals surface area contributed by atoms with E-state index in [9.17, 15) is 0 Å². The normalized spacial score (nSPS) is 19.8. The van der Waals surface area contributed by atoms with Gasteiger partial charge in [0.1, 0.15) is 0 Å². The van der Waals surface area contributed by atoms with Crippen molar-refractivity contribution >= 4 is 17.2 Å². The van der Waals surface area contributed by atoms with Gasteiger partial charge in [-0.25, -0.2) is 0 Å². The molecule has 6 heteroatoms. The summed E-state index contributed by atoms with van der Waals surface area (Å²) in [4.78, 5) is 6.13. The van der Waals surface area contributed by atoms with Gasteiger partial charge in [-0.3, -0.25) is 9.80 Å². The number of hydrogen-bond acceptors (Lipinski definition) is 5. The van der Waals surface area contributed by atoms with Crippen molar-refractivity contribution in [2.75, 3.05) is 26.2 Å². The van der Waals surface area contributed by atoms with Gasteiger partial charge in [-0.1, -0.05) is 11.2 Å². The fourth-order valence-electron chi connectivity index (χ4n) is 2.37. The summed E-state index contributed by atoms with van der Waals surface area (Å²) in [6.45, 7) is 8.92. The first-order chi connectivity index (χ1) is 9.04. The van der Waals surface area contributed by atoms with Crippen LogP contribution < -0.4 is 5.73 Å². The highest BCUT2D eigenvalue weighted by atomic mass is 32.1. The van der Waals surface area contributed by atoms with E-state index < -0.39 is 0 Å². The van der Waals surface area contributed by atoms with E-state index in [-0.39, 0.29) is 11.4 Å². The molecule has 0 aliphatic carbocycles. The summed E-state index contributed by atoms with van der Waals surface area (Å²) in [6, 6.07) is 4.27. The maximum Gasteiger partial charge on any atom is 0.159 e. The molecule has 2 rings (SSSR count). The van der Waals surface area contributed by atoms with E-state index in [1.807, 2.05) is 13.8 Å². The van der Waals surface area contributed by atoms with E-state index >= 15 is 0 Å². The van der Waals surface area contributed by atoms with Gasteiger partial charge in [0.15, 0.2) is 5.84 Å². The third-order valence-corrected chi connectivity index (χ3v) is 4.72. The van der Waals surface area contributed by atoms with Crippen LogP contribution in [0.1, 0.15) is 18.7 Å². The van der Waals surface area contributed by atoms with Crippen LogP contribution in [0.2, 0.25) is 0 Å². The molecule has 19 heavy (non-hydrogen) atoms. The van der Waals surface area contributed by atoms with Crippen LogP contribution in [0.15, 0.2) is 22.7 Å². The Morgan fingerprint density at radius 3 is 2.63 bits per heavy atom. The quantitative estimate of drug-likeness (QED) is 0.379. The number of thiophene rings is 1. The lowest BCUT2D eigenvalue weighted by Gasteiger charge is -2.43. The molecule has 1 saturated heterocycles. The molecule has 5 nitrogen and oxygen atoms in total. The second-order valence-corrected chi connectivity index (χ2v) is 6.42. The maximum absolute atomic E-state index is 8.85. The molecule has 1 aromatic heterocycles. The molecule has 0 saturated carbocycles. The van der Waals surface area contributed by atoms with Gasteiger partial charge in [0.2, 0.25) is 0 Å². The monoisotopic (exact) mass is 282 g/mol. The third-order valence-electron chi connectivity index (χ3n) is 3.86. The third kappa shape index (κ3) is 3.26. The van der Waals surface area contributed by atoms with E-state index in [4.69, 9.17) is 10.9 Å². The first kappa shape index (κ1) is 14.3. The number of amidine groups is 1. The molecule has 1 aliphatic heterocycles. The minimum Gasteiger partial charge on any atom is -0.409 e. The van der Waals surface area contributed by atoms with Crippen LogP contribution in [0, 0.1) is 0 Å². The van der Waals surface area contributed by atoms with E-state index in [0.29, 0.717) is 0 Å². The summed E-state index contributed by atoms with van der Waals surface area (Å²) in [7, 11) is 0. The molecule has 1 aliphatic rings. The highest BCUT2D eigenvalue weighted by Gasteiger charge is 2.33. The second kappa shape index (κ2) is 5.90. The van der Waals surface area contributed by atoms with Gasteiger partial charge in [-0.05, 0) is 25.3 Å². The Labute approximate surface area is 118 Å². The summed E-state index contributed by atoms with van der Waals surface area (Å²) in [5.41, 5.74) is 5.39. The summed E-state index contributed by atoms with van der Waals surface area (Å²) < 4.78 is 0. The number of oxime groups is 1. The lowest BCUT2D eigenvalue weighted by molar-refractivity contribution is 0.0799. The van der Waals surface area contributed by atoms with Crippen molar-refractivity contribution in [3.8, 4) is 0 Å². The highest BCUT2D eigenvalue weighted by molar-refractivity contribution is 7.09. The van der Waals surface area contributed by atoms with Crippen LogP contribution in [0.5, 0.6) is 0 Å². The smallest absolute Gasteiger partial charge is 0.159 e. The molecule has 0 radical (unpaired) electrons. The number of nitrogens with two attached hydrogens (primary N) is 1. The zero-order valence-electron chi connectivity index (χ0n) is 11.5. The average Bonchev–Trinajstić information content (AvgIpc) is 2.91. The SMILES string of the molecule is CC(C)(C(N)=NO)N1CCN(Cc2cccs2)CC1. The number of hydrogen-bond donors (Lipinski definition) is 2. The number of nitrogens with zero attached hydrogens (tertiary/aromatic N) is 3. The van der Waals surface area contributed by atoms with Crippen molar-refractivity contribution in [3.05, 3.63) is 22.4 Å². The van der Waals surface area contributed by atoms with E-state index in [1.165, 1.54) is 4.88 Å². The Kier molecular flexibility index (Phi) is 4.44. The molecule has 3 N–H and O–H groups in total. The molecule has 0 spiro atoms. The maximum atomic E-state index is 8.85. The summed E-state index contributed by atoms with van der Waals surface area (Å²) in [5.74, 6) is 0.277. The predicted molar refractivity (Wildman–Crippen MR) is 78.7 cm³/mol. The van der Waals surface area contributed by atoms with Gasteiger partial charge in [0, 0.05) is 37.6 Å². The molecule has 106 valence electrons. The van der Waals surface area contributed by atoms with E-state index in [1.54, 1.807) is 11.3 Å². The van der Waals surface area contributed by atoms with Gasteiger partial charge in [-0.2, -0.15) is 0 Å². The zero-order valence-corrected chi connectivity index (χ0v) is 12.4. The van der Waals surface area contributed by atoms with Crippen molar-refractivity contribution in [1.29, 1.82) is 0 Å². The van der Waals surface area contributed by atoms with E-state index in [2.05, 4.69) is 32.5 Å². The van der Waals surface area contributed by atoms with Crippen molar-refractivity contribution in [1.82, 2.24) is 9.80 Å². The minimum atomic E-state index is -0.385. The van der Waals surface area contributed by atoms with Crippen LogP contribution >= 0.6 is 11.3 Å². The lowest BCUT2D eigenvalue weighted by Crippen LogP contribution is -2.59. The first-order valence-electron chi connectivity index (χ1n) is 6.52. The zero-order chi connectivity index (χ0) is 13.9. The topological polar surface area (TPSA) is 65.1 Å². The van der Waals surface area contributed by atoms with E-state index in [0.717, 1.165) is 32.7 Å². The van der Waals surface area contributed by atoms with Gasteiger partial charge in [0.25, 0.3) is 0 Å². The molecule has 0 unspecified atom stereocenters. The largest absolute Gasteiger partial charge is 0.409 e. The van der Waals surface area contributed by atoms with Crippen molar-refractivity contribution in [3.63, 3.8) is 0 Å². The summed E-state index contributed by atoms with van der Waals surface area (Å²) in [5, 5.41) is 14.1. The van der Waals surface area contributed by atoms with Crippen LogP contribution in [-0.2, 0) is 6.54 Å². The van der Waals surface area contributed by atoms with Crippen LogP contribution in [0.4, 0.5) is 0 Å². The Hall–Kier alpha value is -1.11.